The summed E-state index contributed by atoms with van der Waals surface area (Å²) in [5.74, 6) is -1.23. The Morgan fingerprint density at radius 2 is 1.80 bits per heavy atom. The van der Waals surface area contributed by atoms with E-state index in [0.717, 1.165) is 6.26 Å². The first-order chi connectivity index (χ1) is 6.87. The number of rotatable bonds is 4. The third-order valence-corrected chi connectivity index (χ3v) is 2.58. The number of carbonyl (C=O) groups excluding carboxylic acids is 1. The molecule has 5 heteroatoms. The minimum Gasteiger partial charge on any atom is -0.298 e. The van der Waals surface area contributed by atoms with Crippen LogP contribution in [0.5, 0.6) is 0 Å². The number of carbonyl (C=O) groups is 1. The molecule has 0 heterocycles. The minimum atomic E-state index is -3.28. The van der Waals surface area contributed by atoms with E-state index in [1.54, 1.807) is 0 Å². The third-order valence-electron chi connectivity index (χ3n) is 1.74. The predicted molar refractivity (Wildman–Crippen MR) is 54.8 cm³/mol. The molecule has 0 aliphatic heterocycles. The van der Waals surface area contributed by atoms with E-state index in [9.17, 15) is 17.6 Å². The summed E-state index contributed by atoms with van der Waals surface area (Å²) >= 11 is 0. The lowest BCUT2D eigenvalue weighted by atomic mass is 10.1. The number of benzene rings is 1. The average molecular weight is 230 g/mol. The lowest BCUT2D eigenvalue weighted by Gasteiger charge is -1.99. The quantitative estimate of drug-likeness (QED) is 0.774. The van der Waals surface area contributed by atoms with Crippen LogP contribution in [0.4, 0.5) is 4.39 Å². The number of hydrogen-bond donors (Lipinski definition) is 0. The monoisotopic (exact) mass is 230 g/mol. The maximum atomic E-state index is 12.5. The molecule has 3 nitrogen and oxygen atoms in total. The predicted octanol–water partition coefficient (Wildman–Crippen LogP) is 0.982. The van der Waals surface area contributed by atoms with Gasteiger partial charge in [-0.3, -0.25) is 4.79 Å². The highest BCUT2D eigenvalue weighted by molar-refractivity contribution is 7.91. The zero-order valence-corrected chi connectivity index (χ0v) is 9.05. The van der Waals surface area contributed by atoms with Crippen LogP contribution in [0.15, 0.2) is 24.3 Å². The van der Waals surface area contributed by atoms with Gasteiger partial charge in [0.2, 0.25) is 0 Å². The standard InChI is InChI=1S/C10H11FO3S/c1-15(13,14)7-10(12)6-8-2-4-9(11)5-3-8/h2-5H,6-7H2,1H3. The molecule has 0 fully saturated rings. The van der Waals surface area contributed by atoms with Crippen LogP contribution >= 0.6 is 0 Å². The summed E-state index contributed by atoms with van der Waals surface area (Å²) in [6, 6.07) is 5.41. The molecule has 1 aromatic rings. The lowest BCUT2D eigenvalue weighted by molar-refractivity contribution is -0.116. The molecular weight excluding hydrogens is 219 g/mol. The fourth-order valence-electron chi connectivity index (χ4n) is 1.17. The van der Waals surface area contributed by atoms with Gasteiger partial charge in [0, 0.05) is 12.7 Å². The number of halogens is 1. The smallest absolute Gasteiger partial charge is 0.154 e. The fraction of sp³-hybridized carbons (Fsp3) is 0.300. The zero-order chi connectivity index (χ0) is 11.5. The summed E-state index contributed by atoms with van der Waals surface area (Å²) in [4.78, 5) is 11.2. The maximum absolute atomic E-state index is 12.5. The number of ketones is 1. The Balaban J connectivity index is 2.63. The molecule has 82 valence electrons. The lowest BCUT2D eigenvalue weighted by Crippen LogP contribution is -2.16. The first kappa shape index (κ1) is 11.8. The van der Waals surface area contributed by atoms with Crippen LogP contribution in [0.1, 0.15) is 5.56 Å². The van der Waals surface area contributed by atoms with Crippen molar-refractivity contribution in [2.75, 3.05) is 12.0 Å². The van der Waals surface area contributed by atoms with Crippen molar-refractivity contribution in [3.63, 3.8) is 0 Å². The normalized spacial score (nSPS) is 11.3. The Morgan fingerprint density at radius 3 is 2.27 bits per heavy atom. The topological polar surface area (TPSA) is 51.2 Å². The highest BCUT2D eigenvalue weighted by Gasteiger charge is 2.11. The van der Waals surface area contributed by atoms with Crippen LogP contribution in [0, 0.1) is 5.82 Å². The van der Waals surface area contributed by atoms with Crippen LogP contribution in [0.2, 0.25) is 0 Å². The van der Waals surface area contributed by atoms with Gasteiger partial charge in [-0.25, -0.2) is 12.8 Å². The summed E-state index contributed by atoms with van der Waals surface area (Å²) < 4.78 is 34.1. The van der Waals surface area contributed by atoms with Gasteiger partial charge < -0.3 is 0 Å². The molecule has 0 N–H and O–H groups in total. The van der Waals surface area contributed by atoms with E-state index in [1.165, 1.54) is 24.3 Å². The highest BCUT2D eigenvalue weighted by Crippen LogP contribution is 2.04. The minimum absolute atomic E-state index is 0.0212. The van der Waals surface area contributed by atoms with Crippen LogP contribution < -0.4 is 0 Å². The van der Waals surface area contributed by atoms with Crippen molar-refractivity contribution in [3.05, 3.63) is 35.6 Å². The average Bonchev–Trinajstić information content (AvgIpc) is 2.05. The second kappa shape index (κ2) is 4.53. The molecule has 0 bridgehead atoms. The van der Waals surface area contributed by atoms with Crippen LogP contribution in [-0.2, 0) is 21.1 Å². The van der Waals surface area contributed by atoms with Crippen LogP contribution in [0.3, 0.4) is 0 Å². The Bertz CT molecular complexity index is 448. The van der Waals surface area contributed by atoms with Crippen molar-refractivity contribution in [2.24, 2.45) is 0 Å². The Morgan fingerprint density at radius 1 is 1.27 bits per heavy atom. The summed E-state index contributed by atoms with van der Waals surface area (Å²) in [5.41, 5.74) is 0.616. The molecule has 15 heavy (non-hydrogen) atoms. The van der Waals surface area contributed by atoms with E-state index in [2.05, 4.69) is 0 Å². The van der Waals surface area contributed by atoms with Crippen molar-refractivity contribution in [1.82, 2.24) is 0 Å². The van der Waals surface area contributed by atoms with E-state index in [1.807, 2.05) is 0 Å². The molecule has 1 rings (SSSR count). The summed E-state index contributed by atoms with van der Waals surface area (Å²) in [6.45, 7) is 0. The van der Waals surface area contributed by atoms with Gasteiger partial charge in [0.25, 0.3) is 0 Å². The van der Waals surface area contributed by atoms with Gasteiger partial charge in [-0.1, -0.05) is 12.1 Å². The molecule has 0 spiro atoms. The molecular formula is C10H11FO3S. The van der Waals surface area contributed by atoms with E-state index < -0.39 is 15.6 Å². The van der Waals surface area contributed by atoms with Crippen molar-refractivity contribution < 1.29 is 17.6 Å². The van der Waals surface area contributed by atoms with Crippen molar-refractivity contribution >= 4 is 15.6 Å². The zero-order valence-electron chi connectivity index (χ0n) is 8.23. The van der Waals surface area contributed by atoms with Crippen molar-refractivity contribution in [1.29, 1.82) is 0 Å². The van der Waals surface area contributed by atoms with Crippen molar-refractivity contribution in [2.45, 2.75) is 6.42 Å². The van der Waals surface area contributed by atoms with E-state index >= 15 is 0 Å². The van der Waals surface area contributed by atoms with E-state index in [-0.39, 0.29) is 18.0 Å². The van der Waals surface area contributed by atoms with E-state index in [0.29, 0.717) is 5.56 Å². The fourth-order valence-corrected chi connectivity index (χ4v) is 1.86. The largest absolute Gasteiger partial charge is 0.298 e. The molecule has 0 aliphatic rings. The Kier molecular flexibility index (Phi) is 3.57. The molecule has 0 radical (unpaired) electrons. The van der Waals surface area contributed by atoms with E-state index in [4.69, 9.17) is 0 Å². The molecule has 0 unspecified atom stereocenters. The Labute approximate surface area is 87.8 Å². The van der Waals surface area contributed by atoms with Gasteiger partial charge in [0.15, 0.2) is 15.6 Å². The second-order valence-electron chi connectivity index (χ2n) is 3.41. The third kappa shape index (κ3) is 4.69. The second-order valence-corrected chi connectivity index (χ2v) is 5.55. The first-order valence-corrected chi connectivity index (χ1v) is 6.37. The number of sulfone groups is 1. The van der Waals surface area contributed by atoms with Crippen LogP contribution in [0.25, 0.3) is 0 Å². The molecule has 0 saturated heterocycles. The van der Waals surface area contributed by atoms with Crippen LogP contribution in [-0.4, -0.2) is 26.2 Å². The maximum Gasteiger partial charge on any atom is 0.154 e. The molecule has 0 atom stereocenters. The van der Waals surface area contributed by atoms with Gasteiger partial charge in [0.05, 0.1) is 0 Å². The molecule has 0 aromatic heterocycles. The summed E-state index contributed by atoms with van der Waals surface area (Å²) in [7, 11) is -3.28. The van der Waals surface area contributed by atoms with Gasteiger partial charge >= 0.3 is 0 Å². The molecule has 0 saturated carbocycles. The molecule has 0 aliphatic carbocycles. The van der Waals surface area contributed by atoms with Gasteiger partial charge in [-0.05, 0) is 17.7 Å². The van der Waals surface area contributed by atoms with Gasteiger partial charge in [0.1, 0.15) is 11.6 Å². The van der Waals surface area contributed by atoms with Gasteiger partial charge in [-0.15, -0.1) is 0 Å². The first-order valence-electron chi connectivity index (χ1n) is 4.31. The number of Topliss-reactive ketones (excluding diaryl/α,β-unsaturated/α-hetero) is 1. The molecule has 0 amide bonds. The highest BCUT2D eigenvalue weighted by atomic mass is 32.2. The SMILES string of the molecule is CS(=O)(=O)CC(=O)Cc1ccc(F)cc1. The van der Waals surface area contributed by atoms with Gasteiger partial charge in [-0.2, -0.15) is 0 Å². The number of hydrogen-bond acceptors (Lipinski definition) is 3. The summed E-state index contributed by atoms with van der Waals surface area (Å²) in [5, 5.41) is 0. The van der Waals surface area contributed by atoms with Crippen molar-refractivity contribution in [3.8, 4) is 0 Å². The summed E-state index contributed by atoms with van der Waals surface area (Å²) in [6.07, 6.45) is 1.03. The molecule has 1 aromatic carbocycles. The Hall–Kier alpha value is -1.23.